The maximum absolute atomic E-state index is 11.6. The van der Waals surface area contributed by atoms with Crippen molar-refractivity contribution in [2.24, 2.45) is 0 Å². The highest BCUT2D eigenvalue weighted by Gasteiger charge is 2.02. The summed E-state index contributed by atoms with van der Waals surface area (Å²) in [7, 11) is 1.63. The third-order valence-corrected chi connectivity index (χ3v) is 2.97. The van der Waals surface area contributed by atoms with Gasteiger partial charge in [-0.15, -0.1) is 0 Å². The van der Waals surface area contributed by atoms with Crippen LogP contribution in [0.15, 0.2) is 24.3 Å². The van der Waals surface area contributed by atoms with Gasteiger partial charge in [0.25, 0.3) is 0 Å². The highest BCUT2D eigenvalue weighted by molar-refractivity contribution is 5.75. The average molecular weight is 309 g/mol. The first kappa shape index (κ1) is 18.3. The van der Waals surface area contributed by atoms with Crippen LogP contribution in [0.3, 0.4) is 0 Å². The molecule has 0 bridgehead atoms. The summed E-state index contributed by atoms with van der Waals surface area (Å²) in [5, 5.41) is 2.88. The van der Waals surface area contributed by atoms with Crippen molar-refractivity contribution in [2.45, 2.75) is 39.2 Å². The van der Waals surface area contributed by atoms with Gasteiger partial charge in [0.15, 0.2) is 0 Å². The van der Waals surface area contributed by atoms with Crippen LogP contribution < -0.4 is 14.8 Å². The average Bonchev–Trinajstić information content (AvgIpc) is 2.51. The Morgan fingerprint density at radius 1 is 1.09 bits per heavy atom. The van der Waals surface area contributed by atoms with E-state index in [1.54, 1.807) is 7.11 Å². The van der Waals surface area contributed by atoms with E-state index in [1.165, 1.54) is 0 Å². The molecule has 0 unspecified atom stereocenters. The van der Waals surface area contributed by atoms with Gasteiger partial charge in [0.05, 0.1) is 19.8 Å². The molecule has 0 heterocycles. The normalized spacial score (nSPS) is 10.5. The number of amides is 1. The van der Waals surface area contributed by atoms with Crippen LogP contribution in [0.4, 0.5) is 0 Å². The second kappa shape index (κ2) is 10.9. The van der Waals surface area contributed by atoms with Gasteiger partial charge in [0, 0.05) is 19.6 Å². The summed E-state index contributed by atoms with van der Waals surface area (Å²) >= 11 is 0. The van der Waals surface area contributed by atoms with E-state index >= 15 is 0 Å². The third kappa shape index (κ3) is 8.52. The molecule has 5 heteroatoms. The molecule has 0 aliphatic carbocycles. The number of carbonyl (C=O) groups is 1. The number of ether oxygens (including phenoxy) is 3. The summed E-state index contributed by atoms with van der Waals surface area (Å²) in [6, 6.07) is 7.41. The van der Waals surface area contributed by atoms with Crippen molar-refractivity contribution in [2.75, 3.05) is 26.9 Å². The largest absolute Gasteiger partial charge is 0.497 e. The Bertz CT molecular complexity index is 417. The number of nitrogens with one attached hydrogen (secondary N) is 1. The first-order valence-electron chi connectivity index (χ1n) is 7.77. The van der Waals surface area contributed by atoms with Crippen LogP contribution in [0.2, 0.25) is 0 Å². The van der Waals surface area contributed by atoms with Crippen LogP contribution in [-0.4, -0.2) is 38.9 Å². The summed E-state index contributed by atoms with van der Waals surface area (Å²) in [4.78, 5) is 11.6. The van der Waals surface area contributed by atoms with Gasteiger partial charge in [-0.2, -0.15) is 0 Å². The second-order valence-electron chi connectivity index (χ2n) is 5.25. The first-order valence-corrected chi connectivity index (χ1v) is 7.77. The van der Waals surface area contributed by atoms with Crippen LogP contribution in [0.25, 0.3) is 0 Å². The van der Waals surface area contributed by atoms with Crippen molar-refractivity contribution >= 4 is 5.91 Å². The zero-order chi connectivity index (χ0) is 16.2. The van der Waals surface area contributed by atoms with Gasteiger partial charge in [0.2, 0.25) is 5.91 Å². The zero-order valence-corrected chi connectivity index (χ0v) is 13.8. The Morgan fingerprint density at radius 3 is 2.41 bits per heavy atom. The molecule has 0 aliphatic rings. The Hall–Kier alpha value is -1.75. The molecule has 0 aliphatic heterocycles. The van der Waals surface area contributed by atoms with Gasteiger partial charge in [-0.3, -0.25) is 4.79 Å². The molecule has 0 saturated heterocycles. The molecule has 1 aromatic rings. The van der Waals surface area contributed by atoms with Gasteiger partial charge < -0.3 is 19.5 Å². The summed E-state index contributed by atoms with van der Waals surface area (Å²) in [5.74, 6) is 1.64. The van der Waals surface area contributed by atoms with Crippen LogP contribution in [0.5, 0.6) is 11.5 Å². The molecule has 124 valence electrons. The summed E-state index contributed by atoms with van der Waals surface area (Å²) in [5.41, 5.74) is 0. The van der Waals surface area contributed by atoms with E-state index in [-0.39, 0.29) is 12.0 Å². The van der Waals surface area contributed by atoms with Gasteiger partial charge >= 0.3 is 0 Å². The van der Waals surface area contributed by atoms with E-state index in [2.05, 4.69) is 5.32 Å². The van der Waals surface area contributed by atoms with Gasteiger partial charge in [-0.25, -0.2) is 0 Å². The fraction of sp³-hybridized carbons (Fsp3) is 0.588. The van der Waals surface area contributed by atoms with Crippen molar-refractivity contribution in [3.8, 4) is 11.5 Å². The van der Waals surface area contributed by atoms with E-state index in [0.717, 1.165) is 17.9 Å². The first-order chi connectivity index (χ1) is 10.6. The lowest BCUT2D eigenvalue weighted by Crippen LogP contribution is -2.25. The van der Waals surface area contributed by atoms with Crippen LogP contribution in [0, 0.1) is 0 Å². The SMILES string of the molecule is COc1ccc(OCCCC(=O)NCCCOC(C)C)cc1. The predicted molar refractivity (Wildman–Crippen MR) is 86.4 cm³/mol. The minimum absolute atomic E-state index is 0.0582. The lowest BCUT2D eigenvalue weighted by atomic mass is 10.3. The number of hydrogen-bond donors (Lipinski definition) is 1. The van der Waals surface area contributed by atoms with Gasteiger partial charge in [0.1, 0.15) is 11.5 Å². The Labute approximate surface area is 132 Å². The van der Waals surface area contributed by atoms with E-state index in [0.29, 0.717) is 32.6 Å². The Balaban J connectivity index is 2.02. The van der Waals surface area contributed by atoms with Crippen LogP contribution >= 0.6 is 0 Å². The van der Waals surface area contributed by atoms with Crippen molar-refractivity contribution in [1.82, 2.24) is 5.32 Å². The smallest absolute Gasteiger partial charge is 0.220 e. The summed E-state index contributed by atoms with van der Waals surface area (Å²) in [6.07, 6.45) is 2.25. The maximum Gasteiger partial charge on any atom is 0.220 e. The fourth-order valence-electron chi connectivity index (χ4n) is 1.80. The minimum Gasteiger partial charge on any atom is -0.497 e. The highest BCUT2D eigenvalue weighted by atomic mass is 16.5. The van der Waals surface area contributed by atoms with Gasteiger partial charge in [-0.05, 0) is 51.0 Å². The quantitative estimate of drug-likeness (QED) is 0.639. The van der Waals surface area contributed by atoms with E-state index < -0.39 is 0 Å². The second-order valence-corrected chi connectivity index (χ2v) is 5.25. The molecule has 0 spiro atoms. The molecule has 1 N–H and O–H groups in total. The van der Waals surface area contributed by atoms with Crippen LogP contribution in [-0.2, 0) is 9.53 Å². The zero-order valence-electron chi connectivity index (χ0n) is 13.8. The summed E-state index contributed by atoms with van der Waals surface area (Å²) in [6.45, 7) is 5.86. The molecular weight excluding hydrogens is 282 g/mol. The topological polar surface area (TPSA) is 56.8 Å². The number of carbonyl (C=O) groups excluding carboxylic acids is 1. The van der Waals surface area contributed by atoms with E-state index in [4.69, 9.17) is 14.2 Å². The van der Waals surface area contributed by atoms with E-state index in [9.17, 15) is 4.79 Å². The molecular formula is C17H27NO4. The number of benzene rings is 1. The summed E-state index contributed by atoms with van der Waals surface area (Å²) < 4.78 is 16.1. The molecule has 0 saturated carbocycles. The Kier molecular flexibility index (Phi) is 9.07. The molecule has 1 aromatic carbocycles. The fourth-order valence-corrected chi connectivity index (χ4v) is 1.80. The molecule has 0 radical (unpaired) electrons. The molecule has 0 atom stereocenters. The number of rotatable bonds is 11. The van der Waals surface area contributed by atoms with Crippen molar-refractivity contribution in [3.63, 3.8) is 0 Å². The van der Waals surface area contributed by atoms with Crippen molar-refractivity contribution in [1.29, 1.82) is 0 Å². The van der Waals surface area contributed by atoms with Crippen LogP contribution in [0.1, 0.15) is 33.1 Å². The number of hydrogen-bond acceptors (Lipinski definition) is 4. The molecule has 0 aromatic heterocycles. The minimum atomic E-state index is 0.0582. The van der Waals surface area contributed by atoms with Crippen molar-refractivity contribution < 1.29 is 19.0 Å². The van der Waals surface area contributed by atoms with Crippen molar-refractivity contribution in [3.05, 3.63) is 24.3 Å². The monoisotopic (exact) mass is 309 g/mol. The lowest BCUT2D eigenvalue weighted by Gasteiger charge is -2.09. The molecule has 22 heavy (non-hydrogen) atoms. The predicted octanol–water partition coefficient (Wildman–Crippen LogP) is 2.79. The standard InChI is InChI=1S/C17H27NO4/c1-14(2)21-13-5-11-18-17(19)6-4-12-22-16-9-7-15(20-3)8-10-16/h7-10,14H,4-6,11-13H2,1-3H3,(H,18,19). The van der Waals surface area contributed by atoms with E-state index in [1.807, 2.05) is 38.1 Å². The molecule has 1 rings (SSSR count). The third-order valence-electron chi connectivity index (χ3n) is 2.97. The van der Waals surface area contributed by atoms with Gasteiger partial charge in [-0.1, -0.05) is 0 Å². The molecule has 1 amide bonds. The lowest BCUT2D eigenvalue weighted by molar-refractivity contribution is -0.121. The molecule has 5 nitrogen and oxygen atoms in total. The number of methoxy groups -OCH3 is 1. The maximum atomic E-state index is 11.6. The Morgan fingerprint density at radius 2 is 1.77 bits per heavy atom. The molecule has 0 fully saturated rings. The highest BCUT2D eigenvalue weighted by Crippen LogP contribution is 2.17.